The summed E-state index contributed by atoms with van der Waals surface area (Å²) in [6.45, 7) is 13.0. The number of rotatable bonds is 5. The predicted molar refractivity (Wildman–Crippen MR) is 121 cm³/mol. The van der Waals surface area contributed by atoms with E-state index in [1.807, 2.05) is 6.92 Å². The SMILES string of the molecule is CCC(C)C(C)=C(C)C(=NC)Nc1ncnc2cc(F)c(S(=O)(=O)C(C)(C)C)cc12. The maximum Gasteiger partial charge on any atom is 0.186 e. The molecule has 8 heteroatoms. The highest BCUT2D eigenvalue weighted by atomic mass is 32.2. The molecule has 30 heavy (non-hydrogen) atoms. The topological polar surface area (TPSA) is 84.3 Å². The van der Waals surface area contributed by atoms with Crippen LogP contribution in [-0.2, 0) is 9.84 Å². The van der Waals surface area contributed by atoms with Gasteiger partial charge in [-0.3, -0.25) is 4.99 Å². The van der Waals surface area contributed by atoms with Crippen LogP contribution in [0.4, 0.5) is 10.2 Å². The number of halogens is 1. The van der Waals surface area contributed by atoms with Gasteiger partial charge in [0, 0.05) is 18.5 Å². The second kappa shape index (κ2) is 8.79. The van der Waals surface area contributed by atoms with Crippen molar-refractivity contribution in [2.24, 2.45) is 10.9 Å². The van der Waals surface area contributed by atoms with Crippen LogP contribution in [0.15, 0.2) is 39.5 Å². The fraction of sp³-hybridized carbons (Fsp3) is 0.500. The summed E-state index contributed by atoms with van der Waals surface area (Å²) in [5.41, 5.74) is 2.50. The van der Waals surface area contributed by atoms with Crippen molar-refractivity contribution < 1.29 is 12.8 Å². The predicted octanol–water partition coefficient (Wildman–Crippen LogP) is 5.16. The lowest BCUT2D eigenvalue weighted by Crippen LogP contribution is -2.28. The standard InChI is InChI=1S/C22H31FN4O2S/c1-9-13(2)14(3)15(4)20(24-8)27-21-16-10-19(30(28,29)22(5,6)7)17(23)11-18(16)25-12-26-21/h10-13H,9H2,1-8H3,(H,24,25,26,27). The molecule has 1 aromatic heterocycles. The third-order valence-electron chi connectivity index (χ3n) is 5.54. The minimum atomic E-state index is -3.89. The molecule has 1 atom stereocenters. The van der Waals surface area contributed by atoms with Crippen molar-refractivity contribution in [1.82, 2.24) is 9.97 Å². The van der Waals surface area contributed by atoms with E-state index < -0.39 is 20.4 Å². The quantitative estimate of drug-likeness (QED) is 0.519. The van der Waals surface area contributed by atoms with E-state index in [-0.39, 0.29) is 4.90 Å². The van der Waals surface area contributed by atoms with Crippen LogP contribution in [0.25, 0.3) is 10.9 Å². The van der Waals surface area contributed by atoms with Gasteiger partial charge < -0.3 is 5.32 Å². The summed E-state index contributed by atoms with van der Waals surface area (Å²) in [6.07, 6.45) is 2.32. The molecule has 0 spiro atoms. The molecule has 0 bridgehead atoms. The summed E-state index contributed by atoms with van der Waals surface area (Å²) in [5, 5.41) is 3.61. The van der Waals surface area contributed by atoms with E-state index in [1.54, 1.807) is 27.8 Å². The summed E-state index contributed by atoms with van der Waals surface area (Å²) in [7, 11) is -2.22. The Kier molecular flexibility index (Phi) is 7.01. The number of anilines is 1. The van der Waals surface area contributed by atoms with E-state index in [1.165, 1.54) is 18.0 Å². The number of benzene rings is 1. The van der Waals surface area contributed by atoms with Crippen molar-refractivity contribution in [1.29, 1.82) is 0 Å². The molecule has 0 aliphatic rings. The molecule has 0 aliphatic heterocycles. The first-order valence-electron chi connectivity index (χ1n) is 9.95. The lowest BCUT2D eigenvalue weighted by atomic mass is 9.95. The van der Waals surface area contributed by atoms with Gasteiger partial charge in [0.1, 0.15) is 28.7 Å². The number of fused-ring (bicyclic) bond motifs is 1. The van der Waals surface area contributed by atoms with Gasteiger partial charge in [-0.15, -0.1) is 0 Å². The van der Waals surface area contributed by atoms with Crippen LogP contribution >= 0.6 is 0 Å². The fourth-order valence-corrected chi connectivity index (χ4v) is 4.23. The molecule has 1 unspecified atom stereocenters. The van der Waals surface area contributed by atoms with E-state index in [0.29, 0.717) is 28.5 Å². The lowest BCUT2D eigenvalue weighted by Gasteiger charge is -2.20. The summed E-state index contributed by atoms with van der Waals surface area (Å²) < 4.78 is 39.3. The van der Waals surface area contributed by atoms with Crippen LogP contribution in [0.2, 0.25) is 0 Å². The second-order valence-corrected chi connectivity index (χ2v) is 11.1. The Balaban J connectivity index is 2.65. The van der Waals surface area contributed by atoms with Crippen molar-refractivity contribution in [3.05, 3.63) is 35.4 Å². The van der Waals surface area contributed by atoms with Gasteiger partial charge in [0.25, 0.3) is 0 Å². The van der Waals surface area contributed by atoms with E-state index in [2.05, 4.69) is 41.0 Å². The van der Waals surface area contributed by atoms with Crippen molar-refractivity contribution >= 4 is 32.4 Å². The minimum Gasteiger partial charge on any atom is -0.324 e. The molecule has 0 saturated heterocycles. The number of sulfone groups is 1. The molecule has 1 aromatic carbocycles. The van der Waals surface area contributed by atoms with Crippen molar-refractivity contribution in [2.75, 3.05) is 12.4 Å². The molecule has 164 valence electrons. The Morgan fingerprint density at radius 2 is 1.87 bits per heavy atom. The van der Waals surface area contributed by atoms with E-state index >= 15 is 0 Å². The highest BCUT2D eigenvalue weighted by molar-refractivity contribution is 7.92. The summed E-state index contributed by atoms with van der Waals surface area (Å²) in [6, 6.07) is 2.44. The number of hydrogen-bond donors (Lipinski definition) is 1. The molecular formula is C22H31FN4O2S. The Bertz CT molecular complexity index is 1120. The lowest BCUT2D eigenvalue weighted by molar-refractivity contribution is 0.542. The maximum absolute atomic E-state index is 14.7. The van der Waals surface area contributed by atoms with E-state index in [4.69, 9.17) is 0 Å². The molecular weight excluding hydrogens is 403 g/mol. The van der Waals surface area contributed by atoms with Gasteiger partial charge in [0.2, 0.25) is 0 Å². The van der Waals surface area contributed by atoms with Crippen LogP contribution in [0.5, 0.6) is 0 Å². The second-order valence-electron chi connectivity index (χ2n) is 8.45. The van der Waals surface area contributed by atoms with Crippen LogP contribution < -0.4 is 5.32 Å². The molecule has 0 saturated carbocycles. The third kappa shape index (κ3) is 4.53. The number of allylic oxidation sites excluding steroid dienone is 1. The molecule has 0 aliphatic carbocycles. The third-order valence-corrected chi connectivity index (χ3v) is 8.05. The van der Waals surface area contributed by atoms with Gasteiger partial charge in [-0.1, -0.05) is 19.4 Å². The highest BCUT2D eigenvalue weighted by Crippen LogP contribution is 2.32. The average Bonchev–Trinajstić information content (AvgIpc) is 2.68. The molecule has 0 amide bonds. The van der Waals surface area contributed by atoms with Crippen molar-refractivity contribution in [3.8, 4) is 0 Å². The van der Waals surface area contributed by atoms with Crippen LogP contribution in [0.1, 0.15) is 54.9 Å². The Morgan fingerprint density at radius 3 is 2.40 bits per heavy atom. The number of nitrogens with zero attached hydrogens (tertiary/aromatic N) is 3. The molecule has 1 heterocycles. The van der Waals surface area contributed by atoms with Gasteiger partial charge in [-0.2, -0.15) is 0 Å². The maximum atomic E-state index is 14.7. The van der Waals surface area contributed by atoms with Gasteiger partial charge in [0.15, 0.2) is 9.84 Å². The Labute approximate surface area is 178 Å². The first kappa shape index (κ1) is 23.9. The molecule has 1 N–H and O–H groups in total. The van der Waals surface area contributed by atoms with Gasteiger partial charge in [-0.05, 0) is 58.6 Å². The fourth-order valence-electron chi connectivity index (χ4n) is 2.99. The highest BCUT2D eigenvalue weighted by Gasteiger charge is 2.34. The zero-order valence-electron chi connectivity index (χ0n) is 19.0. The normalized spacial score (nSPS) is 15.2. The van der Waals surface area contributed by atoms with Gasteiger partial charge in [0.05, 0.1) is 10.3 Å². The largest absolute Gasteiger partial charge is 0.324 e. The smallest absolute Gasteiger partial charge is 0.186 e. The number of aromatic nitrogens is 2. The number of amidine groups is 1. The average molecular weight is 435 g/mol. The van der Waals surface area contributed by atoms with Gasteiger partial charge in [-0.25, -0.2) is 22.8 Å². The van der Waals surface area contributed by atoms with Crippen LogP contribution in [0, 0.1) is 11.7 Å². The molecule has 2 rings (SSSR count). The first-order chi connectivity index (χ1) is 13.8. The Morgan fingerprint density at radius 1 is 1.23 bits per heavy atom. The van der Waals surface area contributed by atoms with E-state index in [0.717, 1.165) is 18.1 Å². The van der Waals surface area contributed by atoms with Crippen molar-refractivity contribution in [3.63, 3.8) is 0 Å². The first-order valence-corrected chi connectivity index (χ1v) is 11.4. The number of nitrogens with one attached hydrogen (secondary N) is 1. The summed E-state index contributed by atoms with van der Waals surface area (Å²) in [5.74, 6) is 0.568. The number of hydrogen-bond acceptors (Lipinski definition) is 5. The molecule has 0 fully saturated rings. The molecule has 2 aromatic rings. The van der Waals surface area contributed by atoms with E-state index in [9.17, 15) is 12.8 Å². The zero-order chi connectivity index (χ0) is 22.9. The van der Waals surface area contributed by atoms with Crippen LogP contribution in [-0.4, -0.2) is 36.0 Å². The minimum absolute atomic E-state index is 0.314. The summed E-state index contributed by atoms with van der Waals surface area (Å²) >= 11 is 0. The zero-order valence-corrected chi connectivity index (χ0v) is 19.8. The molecule has 0 radical (unpaired) electrons. The number of aliphatic imine (C=N–C) groups is 1. The van der Waals surface area contributed by atoms with Crippen molar-refractivity contribution in [2.45, 2.75) is 64.5 Å². The molecule has 6 nitrogen and oxygen atoms in total. The van der Waals surface area contributed by atoms with Crippen LogP contribution in [0.3, 0.4) is 0 Å². The van der Waals surface area contributed by atoms with Gasteiger partial charge >= 0.3 is 0 Å². The monoisotopic (exact) mass is 434 g/mol. The Hall–Kier alpha value is -2.35. The summed E-state index contributed by atoms with van der Waals surface area (Å²) in [4.78, 5) is 12.4.